The molecule has 12 heavy (non-hydrogen) atoms. The van der Waals surface area contributed by atoms with Gasteiger partial charge in [-0.2, -0.15) is 0 Å². The number of hydrogen-bond donors (Lipinski definition) is 2. The maximum Gasteiger partial charge on any atom is 0.0866 e. The van der Waals surface area contributed by atoms with Crippen molar-refractivity contribution in [3.63, 3.8) is 0 Å². The van der Waals surface area contributed by atoms with Gasteiger partial charge in [-0.25, -0.2) is 0 Å². The quantitative estimate of drug-likeness (QED) is 0.529. The molecule has 0 heterocycles. The second-order valence-corrected chi connectivity index (χ2v) is 3.47. The van der Waals surface area contributed by atoms with E-state index in [1.807, 2.05) is 0 Å². The normalized spacial score (nSPS) is 13.2. The fourth-order valence-electron chi connectivity index (χ4n) is 1.37. The molecule has 1 atom stereocenters. The summed E-state index contributed by atoms with van der Waals surface area (Å²) in [6, 6.07) is 0. The van der Waals surface area contributed by atoms with Crippen molar-refractivity contribution >= 4 is 0 Å². The van der Waals surface area contributed by atoms with Crippen LogP contribution < -0.4 is 11.1 Å². The maximum absolute atomic E-state index is 3.81. The lowest BCUT2D eigenvalue weighted by molar-refractivity contribution is -0.365. The van der Waals surface area contributed by atoms with Gasteiger partial charge in [0.05, 0.1) is 6.54 Å². The topological polar surface area (TPSA) is 39.7 Å². The molecule has 2 heteroatoms. The molecule has 4 N–H and O–H groups in total. The van der Waals surface area contributed by atoms with Crippen LogP contribution in [0.2, 0.25) is 0 Å². The SMILES string of the molecule is CCCCC(CC)CNCC[NH3+]. The molecular formula is C10H25N2+. The summed E-state index contributed by atoms with van der Waals surface area (Å²) in [5, 5.41) is 3.43. The Balaban J connectivity index is 3.26. The van der Waals surface area contributed by atoms with Gasteiger partial charge in [0.25, 0.3) is 0 Å². The van der Waals surface area contributed by atoms with Gasteiger partial charge in [0, 0.05) is 6.54 Å². The van der Waals surface area contributed by atoms with E-state index in [9.17, 15) is 0 Å². The molecule has 0 bridgehead atoms. The summed E-state index contributed by atoms with van der Waals surface area (Å²) >= 11 is 0. The minimum Gasteiger partial charge on any atom is -0.357 e. The molecule has 2 nitrogen and oxygen atoms in total. The molecule has 0 amide bonds. The first-order valence-corrected chi connectivity index (χ1v) is 5.35. The molecule has 0 saturated carbocycles. The van der Waals surface area contributed by atoms with Crippen LogP contribution in [0.3, 0.4) is 0 Å². The van der Waals surface area contributed by atoms with Crippen molar-refractivity contribution in [1.82, 2.24) is 5.32 Å². The van der Waals surface area contributed by atoms with Gasteiger partial charge in [-0.15, -0.1) is 0 Å². The molecule has 1 unspecified atom stereocenters. The highest BCUT2D eigenvalue weighted by Crippen LogP contribution is 2.10. The minimum atomic E-state index is 0.886. The van der Waals surface area contributed by atoms with Crippen molar-refractivity contribution in [1.29, 1.82) is 0 Å². The molecule has 0 radical (unpaired) electrons. The average Bonchev–Trinajstić information content (AvgIpc) is 2.11. The molecule has 0 aliphatic rings. The number of unbranched alkanes of at least 4 members (excludes halogenated alkanes) is 1. The van der Waals surface area contributed by atoms with E-state index in [1.54, 1.807) is 0 Å². The monoisotopic (exact) mass is 173 g/mol. The Morgan fingerprint density at radius 1 is 1.33 bits per heavy atom. The van der Waals surface area contributed by atoms with Crippen molar-refractivity contribution in [2.75, 3.05) is 19.6 Å². The molecule has 0 aromatic heterocycles. The first-order valence-electron chi connectivity index (χ1n) is 5.35. The van der Waals surface area contributed by atoms with Gasteiger partial charge in [0.1, 0.15) is 0 Å². The maximum atomic E-state index is 3.81. The number of hydrogen-bond acceptors (Lipinski definition) is 1. The predicted molar refractivity (Wildman–Crippen MR) is 53.9 cm³/mol. The third-order valence-electron chi connectivity index (χ3n) is 2.33. The Hall–Kier alpha value is -0.0800. The molecule has 0 aromatic carbocycles. The number of nitrogens with one attached hydrogen (secondary N) is 1. The van der Waals surface area contributed by atoms with E-state index in [-0.39, 0.29) is 0 Å². The summed E-state index contributed by atoms with van der Waals surface area (Å²) in [5.74, 6) is 0.886. The van der Waals surface area contributed by atoms with Crippen LogP contribution in [0, 0.1) is 5.92 Å². The fraction of sp³-hybridized carbons (Fsp3) is 1.00. The highest BCUT2D eigenvalue weighted by molar-refractivity contribution is 4.60. The second-order valence-electron chi connectivity index (χ2n) is 3.47. The van der Waals surface area contributed by atoms with Crippen LogP contribution in [0.5, 0.6) is 0 Å². The zero-order valence-corrected chi connectivity index (χ0v) is 8.73. The lowest BCUT2D eigenvalue weighted by Crippen LogP contribution is -2.54. The van der Waals surface area contributed by atoms with Crippen LogP contribution >= 0.6 is 0 Å². The van der Waals surface area contributed by atoms with E-state index >= 15 is 0 Å². The molecule has 0 aliphatic carbocycles. The first kappa shape index (κ1) is 11.9. The van der Waals surface area contributed by atoms with Crippen LogP contribution in [0.1, 0.15) is 39.5 Å². The van der Waals surface area contributed by atoms with Crippen LogP contribution in [-0.2, 0) is 0 Å². The third kappa shape index (κ3) is 6.62. The highest BCUT2D eigenvalue weighted by Gasteiger charge is 2.03. The van der Waals surface area contributed by atoms with E-state index in [1.165, 1.54) is 32.2 Å². The summed E-state index contributed by atoms with van der Waals surface area (Å²) in [7, 11) is 0. The van der Waals surface area contributed by atoms with Gasteiger partial charge >= 0.3 is 0 Å². The van der Waals surface area contributed by atoms with Crippen molar-refractivity contribution < 1.29 is 5.73 Å². The lowest BCUT2D eigenvalue weighted by atomic mass is 9.99. The Morgan fingerprint density at radius 3 is 2.58 bits per heavy atom. The smallest absolute Gasteiger partial charge is 0.0866 e. The van der Waals surface area contributed by atoms with Crippen molar-refractivity contribution in [2.24, 2.45) is 5.92 Å². The average molecular weight is 173 g/mol. The van der Waals surface area contributed by atoms with Crippen LogP contribution in [0.25, 0.3) is 0 Å². The largest absolute Gasteiger partial charge is 0.357 e. The minimum absolute atomic E-state index is 0.886. The number of rotatable bonds is 8. The summed E-state index contributed by atoms with van der Waals surface area (Å²) in [4.78, 5) is 0. The number of quaternary nitrogens is 1. The van der Waals surface area contributed by atoms with E-state index in [2.05, 4.69) is 24.9 Å². The molecule has 74 valence electrons. The van der Waals surface area contributed by atoms with Gasteiger partial charge in [-0.3, -0.25) is 0 Å². The highest BCUT2D eigenvalue weighted by atomic mass is 14.9. The molecular weight excluding hydrogens is 148 g/mol. The zero-order chi connectivity index (χ0) is 9.23. The van der Waals surface area contributed by atoms with Gasteiger partial charge in [-0.05, 0) is 18.9 Å². The zero-order valence-electron chi connectivity index (χ0n) is 8.73. The first-order chi connectivity index (χ1) is 5.85. The van der Waals surface area contributed by atoms with Gasteiger partial charge in [0.2, 0.25) is 0 Å². The van der Waals surface area contributed by atoms with Crippen molar-refractivity contribution in [3.05, 3.63) is 0 Å². The summed E-state index contributed by atoms with van der Waals surface area (Å²) in [6.45, 7) is 7.81. The molecule has 0 fully saturated rings. The summed E-state index contributed by atoms with van der Waals surface area (Å²) in [5.41, 5.74) is 3.81. The standard InChI is InChI=1S/C10H24N2/c1-3-5-6-10(4-2)9-12-8-7-11/h10,12H,3-9,11H2,1-2H3/p+1. The molecule has 0 saturated heterocycles. The predicted octanol–water partition coefficient (Wildman–Crippen LogP) is 1.03. The molecule has 0 aromatic rings. The third-order valence-corrected chi connectivity index (χ3v) is 2.33. The van der Waals surface area contributed by atoms with Crippen molar-refractivity contribution in [3.8, 4) is 0 Å². The summed E-state index contributed by atoms with van der Waals surface area (Å²) in [6.07, 6.45) is 5.40. The van der Waals surface area contributed by atoms with Gasteiger partial charge < -0.3 is 11.1 Å². The Kier molecular flexibility index (Phi) is 8.95. The van der Waals surface area contributed by atoms with Crippen LogP contribution in [0.4, 0.5) is 0 Å². The van der Waals surface area contributed by atoms with E-state index in [0.717, 1.165) is 19.0 Å². The molecule has 0 rings (SSSR count). The fourth-order valence-corrected chi connectivity index (χ4v) is 1.37. The molecule has 0 aliphatic heterocycles. The van der Waals surface area contributed by atoms with Crippen molar-refractivity contribution in [2.45, 2.75) is 39.5 Å². The van der Waals surface area contributed by atoms with E-state index in [4.69, 9.17) is 0 Å². The van der Waals surface area contributed by atoms with E-state index in [0.29, 0.717) is 0 Å². The van der Waals surface area contributed by atoms with E-state index < -0.39 is 0 Å². The van der Waals surface area contributed by atoms with Gasteiger partial charge in [0.15, 0.2) is 0 Å². The Morgan fingerprint density at radius 2 is 2.08 bits per heavy atom. The second kappa shape index (κ2) is 9.01. The Bertz CT molecular complexity index is 83.9. The van der Waals surface area contributed by atoms with Crippen LogP contribution in [-0.4, -0.2) is 19.6 Å². The molecule has 0 spiro atoms. The Labute approximate surface area is 76.9 Å². The van der Waals surface area contributed by atoms with Gasteiger partial charge in [-0.1, -0.05) is 33.1 Å². The summed E-state index contributed by atoms with van der Waals surface area (Å²) < 4.78 is 0. The van der Waals surface area contributed by atoms with Crippen LogP contribution in [0.15, 0.2) is 0 Å². The lowest BCUT2D eigenvalue weighted by Gasteiger charge is -2.14.